The lowest BCUT2D eigenvalue weighted by Crippen LogP contribution is -2.67. The number of hydrogen-bond acceptors (Lipinski definition) is 2. The van der Waals surface area contributed by atoms with Crippen LogP contribution in [0.5, 0.6) is 0 Å². The molecule has 0 aliphatic rings. The average molecular weight is 409 g/mol. The number of rotatable bonds is 7. The fourth-order valence-corrected chi connectivity index (χ4v) is 8.63. The highest BCUT2D eigenvalue weighted by Crippen LogP contribution is 2.37. The first-order chi connectivity index (χ1) is 13.7. The van der Waals surface area contributed by atoms with Crippen LogP contribution in [0, 0.1) is 23.7 Å². The fraction of sp³-hybridized carbons (Fsp3) is 0.462. The Bertz CT molecular complexity index is 760. The van der Waals surface area contributed by atoms with Gasteiger partial charge in [0, 0.05) is 24.9 Å². The van der Waals surface area contributed by atoms with Gasteiger partial charge in [0.25, 0.3) is 8.32 Å². The molecule has 0 saturated carbocycles. The normalized spacial score (nSPS) is 15.1. The summed E-state index contributed by atoms with van der Waals surface area (Å²) in [6, 6.07) is 21.3. The molecular weight excluding hydrogens is 372 g/mol. The summed E-state index contributed by atoms with van der Waals surface area (Å²) < 4.78 is 6.93. The molecule has 156 valence electrons. The summed E-state index contributed by atoms with van der Waals surface area (Å²) in [6.45, 7) is 13.4. The highest BCUT2D eigenvalue weighted by molar-refractivity contribution is 6.99. The van der Waals surface area contributed by atoms with E-state index in [1.165, 1.54) is 10.4 Å². The van der Waals surface area contributed by atoms with Gasteiger partial charge in [-0.3, -0.25) is 0 Å². The van der Waals surface area contributed by atoms with Crippen LogP contribution in [0.25, 0.3) is 0 Å². The van der Waals surface area contributed by atoms with E-state index in [4.69, 9.17) is 4.43 Å². The lowest BCUT2D eigenvalue weighted by Gasteiger charge is -2.44. The fourth-order valence-electron chi connectivity index (χ4n) is 3.96. The van der Waals surface area contributed by atoms with Crippen LogP contribution in [0.2, 0.25) is 5.04 Å². The van der Waals surface area contributed by atoms with Crippen LogP contribution in [0.1, 0.15) is 48.0 Å². The molecule has 0 fully saturated rings. The highest BCUT2D eigenvalue weighted by Gasteiger charge is 2.50. The minimum absolute atomic E-state index is 0.00203. The minimum atomic E-state index is -2.57. The molecule has 0 amide bonds. The van der Waals surface area contributed by atoms with Gasteiger partial charge in [0.15, 0.2) is 0 Å². The monoisotopic (exact) mass is 408 g/mol. The van der Waals surface area contributed by atoms with Gasteiger partial charge in [0.05, 0.1) is 6.10 Å². The predicted molar refractivity (Wildman–Crippen MR) is 126 cm³/mol. The predicted octanol–water partition coefficient (Wildman–Crippen LogP) is 4.61. The lowest BCUT2D eigenvalue weighted by molar-refractivity contribution is 0.0576. The maximum absolute atomic E-state index is 10.8. The first-order valence-corrected chi connectivity index (χ1v) is 12.6. The molecule has 2 aromatic carbocycles. The first-order valence-electron chi connectivity index (χ1n) is 10.7. The Hall–Kier alpha value is -1.86. The Morgan fingerprint density at radius 3 is 1.83 bits per heavy atom. The Kier molecular flexibility index (Phi) is 8.28. The molecule has 3 heteroatoms. The molecule has 0 unspecified atom stereocenters. The van der Waals surface area contributed by atoms with Gasteiger partial charge < -0.3 is 9.53 Å². The molecule has 0 spiro atoms. The van der Waals surface area contributed by atoms with Crippen molar-refractivity contribution in [1.82, 2.24) is 0 Å². The number of benzene rings is 2. The average Bonchev–Trinajstić information content (AvgIpc) is 2.72. The molecule has 0 aromatic heterocycles. The second kappa shape index (κ2) is 10.3. The van der Waals surface area contributed by atoms with Crippen molar-refractivity contribution in [2.45, 2.75) is 59.1 Å². The van der Waals surface area contributed by atoms with Crippen molar-refractivity contribution in [3.63, 3.8) is 0 Å². The van der Waals surface area contributed by atoms with Crippen LogP contribution in [0.15, 0.2) is 60.7 Å². The SMILES string of the molecule is CCC#C[C@@H](C)[C@H](O)[C@@H](C)CO[Si](c1ccccc1)(c1ccccc1)C(C)(C)C. The summed E-state index contributed by atoms with van der Waals surface area (Å²) in [4.78, 5) is 0. The zero-order valence-electron chi connectivity index (χ0n) is 18.8. The van der Waals surface area contributed by atoms with Gasteiger partial charge in [-0.1, -0.05) is 101 Å². The summed E-state index contributed by atoms with van der Waals surface area (Å²) >= 11 is 0. The van der Waals surface area contributed by atoms with Crippen LogP contribution >= 0.6 is 0 Å². The molecule has 2 rings (SSSR count). The molecule has 3 atom stereocenters. The van der Waals surface area contributed by atoms with Crippen molar-refractivity contribution in [1.29, 1.82) is 0 Å². The molecule has 0 aliphatic carbocycles. The number of hydrogen-bond donors (Lipinski definition) is 1. The minimum Gasteiger partial charge on any atom is -0.407 e. The van der Waals surface area contributed by atoms with E-state index in [-0.39, 0.29) is 16.9 Å². The van der Waals surface area contributed by atoms with Crippen molar-refractivity contribution in [2.24, 2.45) is 11.8 Å². The van der Waals surface area contributed by atoms with E-state index < -0.39 is 14.4 Å². The van der Waals surface area contributed by atoms with Crippen LogP contribution in [-0.2, 0) is 4.43 Å². The Labute approximate surface area is 178 Å². The molecule has 0 saturated heterocycles. The smallest absolute Gasteiger partial charge is 0.261 e. The molecular formula is C26H36O2Si. The van der Waals surface area contributed by atoms with Gasteiger partial charge in [-0.15, -0.1) is 5.92 Å². The highest BCUT2D eigenvalue weighted by atomic mass is 28.4. The van der Waals surface area contributed by atoms with Crippen molar-refractivity contribution in [3.8, 4) is 11.8 Å². The van der Waals surface area contributed by atoms with Crippen molar-refractivity contribution < 1.29 is 9.53 Å². The lowest BCUT2D eigenvalue weighted by atomic mass is 9.94. The van der Waals surface area contributed by atoms with E-state index in [0.29, 0.717) is 6.61 Å². The Morgan fingerprint density at radius 1 is 0.931 bits per heavy atom. The maximum Gasteiger partial charge on any atom is 0.261 e. The van der Waals surface area contributed by atoms with E-state index in [1.807, 2.05) is 13.8 Å². The molecule has 0 aliphatic heterocycles. The second-order valence-electron chi connectivity index (χ2n) is 8.91. The Balaban J connectivity index is 2.41. The van der Waals surface area contributed by atoms with E-state index in [0.717, 1.165) is 6.42 Å². The summed E-state index contributed by atoms with van der Waals surface area (Å²) in [6.07, 6.45) is 0.302. The van der Waals surface area contributed by atoms with Gasteiger partial charge in [0.2, 0.25) is 0 Å². The van der Waals surface area contributed by atoms with Gasteiger partial charge in [0.1, 0.15) is 0 Å². The zero-order chi connectivity index (χ0) is 21.5. The van der Waals surface area contributed by atoms with Crippen molar-refractivity contribution in [2.75, 3.05) is 6.61 Å². The van der Waals surface area contributed by atoms with E-state index in [9.17, 15) is 5.11 Å². The first kappa shape index (κ1) is 23.4. The van der Waals surface area contributed by atoms with Crippen LogP contribution < -0.4 is 10.4 Å². The zero-order valence-corrected chi connectivity index (χ0v) is 19.8. The molecule has 29 heavy (non-hydrogen) atoms. The van der Waals surface area contributed by atoms with E-state index >= 15 is 0 Å². The van der Waals surface area contributed by atoms with E-state index in [1.54, 1.807) is 0 Å². The third-order valence-electron chi connectivity index (χ3n) is 5.58. The van der Waals surface area contributed by atoms with Gasteiger partial charge >= 0.3 is 0 Å². The topological polar surface area (TPSA) is 29.5 Å². The Morgan fingerprint density at radius 2 is 1.41 bits per heavy atom. The second-order valence-corrected chi connectivity index (χ2v) is 13.2. The summed E-state index contributed by atoms with van der Waals surface area (Å²) in [5, 5.41) is 13.3. The quantitative estimate of drug-likeness (QED) is 0.535. The molecule has 2 aromatic rings. The molecule has 0 bridgehead atoms. The largest absolute Gasteiger partial charge is 0.407 e. The standard InChI is InChI=1S/C26H36O2Si/c1-7-8-15-21(2)25(27)22(3)20-28-29(26(4,5)6,23-16-11-9-12-17-23)24-18-13-10-14-19-24/h9-14,16-19,21-22,25,27H,7,20H2,1-6H3/t21-,22+,25+/m1/s1. The molecule has 0 radical (unpaired) electrons. The van der Waals surface area contributed by atoms with Crippen LogP contribution in [-0.4, -0.2) is 26.1 Å². The third-order valence-corrected chi connectivity index (χ3v) is 10.6. The maximum atomic E-state index is 10.8. The third kappa shape index (κ3) is 5.39. The molecule has 0 heterocycles. The van der Waals surface area contributed by atoms with Crippen molar-refractivity contribution >= 4 is 18.7 Å². The van der Waals surface area contributed by atoms with Gasteiger partial charge in [-0.25, -0.2) is 0 Å². The van der Waals surface area contributed by atoms with Crippen molar-refractivity contribution in [3.05, 3.63) is 60.7 Å². The number of aliphatic hydroxyl groups is 1. The summed E-state index contributed by atoms with van der Waals surface area (Å²) in [7, 11) is -2.57. The van der Waals surface area contributed by atoms with Gasteiger partial charge in [-0.05, 0) is 22.3 Å². The van der Waals surface area contributed by atoms with Crippen LogP contribution in [0.3, 0.4) is 0 Å². The molecule has 2 nitrogen and oxygen atoms in total. The van der Waals surface area contributed by atoms with Gasteiger partial charge in [-0.2, -0.15) is 0 Å². The molecule has 1 N–H and O–H groups in total. The van der Waals surface area contributed by atoms with Crippen LogP contribution in [0.4, 0.5) is 0 Å². The summed E-state index contributed by atoms with van der Waals surface area (Å²) in [5.74, 6) is 6.19. The number of aliphatic hydroxyl groups excluding tert-OH is 1. The van der Waals surface area contributed by atoms with E-state index in [2.05, 4.69) is 100 Å². The summed E-state index contributed by atoms with van der Waals surface area (Å²) in [5.41, 5.74) is 0.